The molecular formula is C22H23Cl2N3O3. The molecule has 0 aliphatic carbocycles. The molecular weight excluding hydrogens is 425 g/mol. The predicted molar refractivity (Wildman–Crippen MR) is 118 cm³/mol. The maximum Gasteiger partial charge on any atom is 0.325 e. The number of H-pyrrole nitrogens is 1. The van der Waals surface area contributed by atoms with E-state index in [1.807, 2.05) is 35.2 Å². The molecule has 8 heteroatoms. The van der Waals surface area contributed by atoms with Crippen LogP contribution in [0, 0.1) is 0 Å². The number of aromatic nitrogens is 1. The molecule has 1 aliphatic rings. The molecule has 0 spiro atoms. The van der Waals surface area contributed by atoms with Crippen molar-refractivity contribution in [3.05, 3.63) is 69.3 Å². The summed E-state index contributed by atoms with van der Waals surface area (Å²) in [6.07, 6.45) is 1.77. The van der Waals surface area contributed by atoms with E-state index in [2.05, 4.69) is 9.88 Å². The lowest BCUT2D eigenvalue weighted by Gasteiger charge is -2.37. The van der Waals surface area contributed by atoms with Crippen LogP contribution in [0.3, 0.4) is 0 Å². The number of carboxylic acid groups (broad SMARTS) is 1. The smallest absolute Gasteiger partial charge is 0.325 e. The van der Waals surface area contributed by atoms with Gasteiger partial charge in [-0.3, -0.25) is 14.6 Å². The third kappa shape index (κ3) is 4.33. The van der Waals surface area contributed by atoms with E-state index < -0.39 is 12.0 Å². The maximum atomic E-state index is 12.2. The van der Waals surface area contributed by atoms with Crippen molar-refractivity contribution in [3.63, 3.8) is 0 Å². The summed E-state index contributed by atoms with van der Waals surface area (Å²) in [5, 5.41) is 21.4. The number of aliphatic carboxylic acids is 1. The number of aliphatic hydroxyl groups excluding tert-OH is 1. The van der Waals surface area contributed by atoms with Crippen molar-refractivity contribution < 1.29 is 15.0 Å². The zero-order chi connectivity index (χ0) is 21.3. The number of aromatic amines is 1. The highest BCUT2D eigenvalue weighted by Crippen LogP contribution is 2.31. The first-order valence-corrected chi connectivity index (χ1v) is 10.6. The molecule has 1 saturated heterocycles. The Labute approximate surface area is 184 Å². The minimum Gasteiger partial charge on any atom is -0.480 e. The van der Waals surface area contributed by atoms with E-state index >= 15 is 0 Å². The van der Waals surface area contributed by atoms with Gasteiger partial charge in [0.15, 0.2) is 0 Å². The molecule has 3 aromatic rings. The highest BCUT2D eigenvalue weighted by molar-refractivity contribution is 6.35. The topological polar surface area (TPSA) is 79.8 Å². The molecule has 3 N–H and O–H groups in total. The third-order valence-corrected chi connectivity index (χ3v) is 6.26. The van der Waals surface area contributed by atoms with Gasteiger partial charge >= 0.3 is 5.97 Å². The van der Waals surface area contributed by atoms with E-state index in [0.717, 1.165) is 40.7 Å². The predicted octanol–water partition coefficient (Wildman–Crippen LogP) is 3.91. The Kier molecular flexibility index (Phi) is 6.32. The highest BCUT2D eigenvalue weighted by atomic mass is 35.5. The molecule has 0 radical (unpaired) electrons. The van der Waals surface area contributed by atoms with Gasteiger partial charge in [0.25, 0.3) is 0 Å². The molecule has 1 unspecified atom stereocenters. The summed E-state index contributed by atoms with van der Waals surface area (Å²) in [6, 6.07) is 10.3. The summed E-state index contributed by atoms with van der Waals surface area (Å²) in [5.41, 5.74) is 3.38. The van der Waals surface area contributed by atoms with E-state index in [1.165, 1.54) is 0 Å². The number of aliphatic hydroxyl groups is 1. The standard InChI is InChI=1S/C22H23Cl2N3O3/c23-16-3-2-15(19(24)10-16)12-26-5-7-27(8-6-26)21(22(29)30)18-11-25-20-9-14(13-28)1-4-17(18)20/h1-4,9-11,21,25,28H,5-8,12-13H2,(H,29,30). The molecule has 2 heterocycles. The summed E-state index contributed by atoms with van der Waals surface area (Å²) in [7, 11) is 0. The van der Waals surface area contributed by atoms with Crippen molar-refractivity contribution in [3.8, 4) is 0 Å². The average Bonchev–Trinajstić information content (AvgIpc) is 3.14. The number of hydrogen-bond acceptors (Lipinski definition) is 4. The molecule has 30 heavy (non-hydrogen) atoms. The number of fused-ring (bicyclic) bond motifs is 1. The van der Waals surface area contributed by atoms with Crippen LogP contribution in [-0.2, 0) is 17.9 Å². The van der Waals surface area contributed by atoms with Crippen molar-refractivity contribution in [1.82, 2.24) is 14.8 Å². The van der Waals surface area contributed by atoms with Crippen LogP contribution >= 0.6 is 23.2 Å². The minimum atomic E-state index is -0.865. The van der Waals surface area contributed by atoms with Gasteiger partial charge < -0.3 is 15.2 Å². The third-order valence-electron chi connectivity index (χ3n) is 5.67. The van der Waals surface area contributed by atoms with Crippen molar-refractivity contribution in [2.24, 2.45) is 0 Å². The molecule has 0 saturated carbocycles. The van der Waals surface area contributed by atoms with E-state index in [9.17, 15) is 15.0 Å². The largest absolute Gasteiger partial charge is 0.480 e. The number of piperazine rings is 1. The van der Waals surface area contributed by atoms with Gasteiger partial charge in [0.2, 0.25) is 0 Å². The summed E-state index contributed by atoms with van der Waals surface area (Å²) >= 11 is 12.3. The summed E-state index contributed by atoms with van der Waals surface area (Å²) < 4.78 is 0. The minimum absolute atomic E-state index is 0.0494. The Balaban J connectivity index is 1.48. The van der Waals surface area contributed by atoms with Crippen LogP contribution in [0.1, 0.15) is 22.7 Å². The first-order chi connectivity index (χ1) is 14.5. The van der Waals surface area contributed by atoms with Crippen LogP contribution in [0.15, 0.2) is 42.6 Å². The molecule has 1 aliphatic heterocycles. The van der Waals surface area contributed by atoms with E-state index in [0.29, 0.717) is 29.7 Å². The zero-order valence-electron chi connectivity index (χ0n) is 16.3. The molecule has 0 amide bonds. The van der Waals surface area contributed by atoms with E-state index in [1.54, 1.807) is 12.3 Å². The van der Waals surface area contributed by atoms with Gasteiger partial charge in [-0.2, -0.15) is 0 Å². The van der Waals surface area contributed by atoms with Gasteiger partial charge in [-0.05, 0) is 29.3 Å². The Morgan fingerprint density at radius 3 is 2.53 bits per heavy atom. The number of halogens is 2. The first-order valence-electron chi connectivity index (χ1n) is 9.80. The van der Waals surface area contributed by atoms with Gasteiger partial charge in [-0.25, -0.2) is 0 Å². The summed E-state index contributed by atoms with van der Waals surface area (Å²) in [4.78, 5) is 19.6. The molecule has 2 aromatic carbocycles. The number of nitrogens with zero attached hydrogens (tertiary/aromatic N) is 2. The fraction of sp³-hybridized carbons (Fsp3) is 0.318. The molecule has 1 atom stereocenters. The number of hydrogen-bond donors (Lipinski definition) is 3. The fourth-order valence-corrected chi connectivity index (χ4v) is 4.55. The van der Waals surface area contributed by atoms with Crippen molar-refractivity contribution in [2.45, 2.75) is 19.2 Å². The fourth-order valence-electron chi connectivity index (χ4n) is 4.08. The highest BCUT2D eigenvalue weighted by Gasteiger charge is 2.32. The number of carboxylic acids is 1. The lowest BCUT2D eigenvalue weighted by Crippen LogP contribution is -2.48. The van der Waals surface area contributed by atoms with Gasteiger partial charge in [-0.1, -0.05) is 41.4 Å². The van der Waals surface area contributed by atoms with Crippen LogP contribution in [0.4, 0.5) is 0 Å². The molecule has 158 valence electrons. The molecule has 1 aromatic heterocycles. The first kappa shape index (κ1) is 21.2. The van der Waals surface area contributed by atoms with Crippen molar-refractivity contribution in [2.75, 3.05) is 26.2 Å². The SMILES string of the molecule is O=C(O)C(c1c[nH]c2cc(CO)ccc12)N1CCN(Cc2ccc(Cl)cc2Cl)CC1. The van der Waals surface area contributed by atoms with Gasteiger partial charge in [0.05, 0.1) is 6.61 Å². The summed E-state index contributed by atoms with van der Waals surface area (Å²) in [6.45, 7) is 3.44. The van der Waals surface area contributed by atoms with E-state index in [4.69, 9.17) is 23.2 Å². The lowest BCUT2D eigenvalue weighted by molar-refractivity contribution is -0.144. The van der Waals surface area contributed by atoms with Crippen LogP contribution in [0.5, 0.6) is 0 Å². The number of benzene rings is 2. The zero-order valence-corrected chi connectivity index (χ0v) is 17.8. The lowest BCUT2D eigenvalue weighted by atomic mass is 10.0. The average molecular weight is 448 g/mol. The Morgan fingerprint density at radius 2 is 1.87 bits per heavy atom. The van der Waals surface area contributed by atoms with Gasteiger partial charge in [-0.15, -0.1) is 0 Å². The van der Waals surface area contributed by atoms with Gasteiger partial charge in [0.1, 0.15) is 6.04 Å². The quantitative estimate of drug-likeness (QED) is 0.533. The number of nitrogens with one attached hydrogen (secondary N) is 1. The maximum absolute atomic E-state index is 12.2. The normalized spacial score (nSPS) is 16.8. The second kappa shape index (κ2) is 8.96. The second-order valence-electron chi connectivity index (χ2n) is 7.57. The van der Waals surface area contributed by atoms with Crippen LogP contribution in [0.25, 0.3) is 10.9 Å². The van der Waals surface area contributed by atoms with Crippen LogP contribution in [-0.4, -0.2) is 57.1 Å². The van der Waals surface area contributed by atoms with Crippen molar-refractivity contribution in [1.29, 1.82) is 0 Å². The Bertz CT molecular complexity index is 1060. The van der Waals surface area contributed by atoms with Crippen LogP contribution < -0.4 is 0 Å². The molecule has 0 bridgehead atoms. The molecule has 1 fully saturated rings. The number of carbonyl (C=O) groups is 1. The van der Waals surface area contributed by atoms with Crippen LogP contribution in [0.2, 0.25) is 10.0 Å². The molecule has 6 nitrogen and oxygen atoms in total. The second-order valence-corrected chi connectivity index (χ2v) is 8.41. The Hall–Kier alpha value is -2.09. The van der Waals surface area contributed by atoms with Gasteiger partial charge in [0, 0.05) is 65.4 Å². The monoisotopic (exact) mass is 447 g/mol. The summed E-state index contributed by atoms with van der Waals surface area (Å²) in [5.74, 6) is -0.865. The van der Waals surface area contributed by atoms with E-state index in [-0.39, 0.29) is 6.61 Å². The Morgan fingerprint density at radius 1 is 1.10 bits per heavy atom. The van der Waals surface area contributed by atoms with Crippen molar-refractivity contribution >= 4 is 40.1 Å². The molecule has 4 rings (SSSR count). The number of rotatable bonds is 6.